The Morgan fingerprint density at radius 1 is 0.805 bits per heavy atom. The minimum atomic E-state index is -0.257. The molecule has 0 heterocycles. The molecule has 2 aliphatic carbocycles. The lowest BCUT2D eigenvalue weighted by atomic mass is 9.80. The fraction of sp³-hybridized carbons (Fsp3) is 0.545. The van der Waals surface area contributed by atoms with E-state index in [2.05, 4.69) is 11.9 Å². The van der Waals surface area contributed by atoms with Crippen molar-refractivity contribution in [3.8, 4) is 16.9 Å². The molecule has 0 bridgehead atoms. The first-order valence-electron chi connectivity index (χ1n) is 15.1. The van der Waals surface area contributed by atoms with Gasteiger partial charge in [0, 0.05) is 6.54 Å². The molecule has 0 saturated heterocycles. The predicted octanol–water partition coefficient (Wildman–Crippen LogP) is 6.91. The van der Waals surface area contributed by atoms with E-state index in [1.54, 1.807) is 0 Å². The highest BCUT2D eigenvalue weighted by Crippen LogP contribution is 2.33. The number of halogens is 1. The number of guanidine groups is 1. The molecule has 0 aliphatic heterocycles. The molecule has 8 heteroatoms. The number of hydrogen-bond acceptors (Lipinski definition) is 5. The van der Waals surface area contributed by atoms with Crippen LogP contribution in [0.25, 0.3) is 11.1 Å². The van der Waals surface area contributed by atoms with Crippen LogP contribution in [0.2, 0.25) is 0 Å². The average molecular weight is 584 g/mol. The van der Waals surface area contributed by atoms with Crippen molar-refractivity contribution in [2.24, 2.45) is 40.1 Å². The molecule has 0 amide bonds. The first kappa shape index (κ1) is 32.5. The lowest BCUT2D eigenvalue weighted by Crippen LogP contribution is -2.28. The minimum Gasteiger partial charge on any atom is -0.462 e. The summed E-state index contributed by atoms with van der Waals surface area (Å²) in [7, 11) is 0. The van der Waals surface area contributed by atoms with Crippen LogP contribution in [-0.4, -0.2) is 31.0 Å². The normalized spacial score (nSPS) is 22.2. The SMILES string of the molecule is CCCCC1CCC(COC(=O)c2ccc(-c3ccc(OC(=O)C4CCC(CN=C(N)N)CC4)cc3)cc2)CC1.Cl. The monoisotopic (exact) mass is 583 g/mol. The molecule has 0 radical (unpaired) electrons. The van der Waals surface area contributed by atoms with Crippen LogP contribution in [0.1, 0.15) is 87.9 Å². The van der Waals surface area contributed by atoms with E-state index >= 15 is 0 Å². The van der Waals surface area contributed by atoms with Gasteiger partial charge in [0.1, 0.15) is 5.75 Å². The second-order valence-corrected chi connectivity index (χ2v) is 11.6. The van der Waals surface area contributed by atoms with Crippen LogP contribution >= 0.6 is 12.4 Å². The quantitative estimate of drug-likeness (QED) is 0.128. The Morgan fingerprint density at radius 3 is 1.95 bits per heavy atom. The Labute approximate surface area is 250 Å². The molecular formula is C33H46ClN3O4. The van der Waals surface area contributed by atoms with Crippen molar-refractivity contribution in [2.75, 3.05) is 13.2 Å². The number of nitrogens with zero attached hydrogens (tertiary/aromatic N) is 1. The van der Waals surface area contributed by atoms with Gasteiger partial charge in [-0.05, 0) is 91.7 Å². The number of carbonyl (C=O) groups is 2. The van der Waals surface area contributed by atoms with Gasteiger partial charge in [-0.15, -0.1) is 12.4 Å². The van der Waals surface area contributed by atoms with Crippen LogP contribution in [0.15, 0.2) is 53.5 Å². The zero-order valence-electron chi connectivity index (χ0n) is 24.3. The molecule has 0 atom stereocenters. The Morgan fingerprint density at radius 2 is 1.37 bits per heavy atom. The van der Waals surface area contributed by atoms with E-state index in [4.69, 9.17) is 20.9 Å². The third kappa shape index (κ3) is 10.1. The summed E-state index contributed by atoms with van der Waals surface area (Å²) in [6.45, 7) is 3.38. The van der Waals surface area contributed by atoms with Gasteiger partial charge >= 0.3 is 11.9 Å². The number of nitrogens with two attached hydrogens (primary N) is 2. The van der Waals surface area contributed by atoms with Crippen molar-refractivity contribution in [2.45, 2.75) is 77.6 Å². The van der Waals surface area contributed by atoms with E-state index < -0.39 is 0 Å². The molecule has 4 rings (SSSR count). The summed E-state index contributed by atoms with van der Waals surface area (Å²) in [5.41, 5.74) is 13.4. The van der Waals surface area contributed by atoms with E-state index in [1.165, 1.54) is 32.1 Å². The fourth-order valence-corrected chi connectivity index (χ4v) is 5.99. The largest absolute Gasteiger partial charge is 0.462 e. The van der Waals surface area contributed by atoms with Crippen molar-refractivity contribution in [3.05, 3.63) is 54.1 Å². The van der Waals surface area contributed by atoms with E-state index in [9.17, 15) is 9.59 Å². The second-order valence-electron chi connectivity index (χ2n) is 11.6. The molecular weight excluding hydrogens is 538 g/mol. The van der Waals surface area contributed by atoms with Crippen LogP contribution in [0, 0.1) is 23.7 Å². The van der Waals surface area contributed by atoms with Crippen molar-refractivity contribution in [3.63, 3.8) is 0 Å². The third-order valence-corrected chi connectivity index (χ3v) is 8.62. The molecule has 41 heavy (non-hydrogen) atoms. The summed E-state index contributed by atoms with van der Waals surface area (Å²) in [5, 5.41) is 0. The topological polar surface area (TPSA) is 117 Å². The van der Waals surface area contributed by atoms with Gasteiger partial charge in [-0.25, -0.2) is 4.79 Å². The minimum absolute atomic E-state index is 0. The van der Waals surface area contributed by atoms with Gasteiger partial charge in [0.2, 0.25) is 0 Å². The van der Waals surface area contributed by atoms with E-state index in [0.29, 0.717) is 36.3 Å². The summed E-state index contributed by atoms with van der Waals surface area (Å²) >= 11 is 0. The Kier molecular flexibility index (Phi) is 13.0. The lowest BCUT2D eigenvalue weighted by molar-refractivity contribution is -0.140. The van der Waals surface area contributed by atoms with E-state index in [1.807, 2.05) is 48.5 Å². The molecule has 0 unspecified atom stereocenters. The standard InChI is InChI=1S/C33H45N3O4.ClH/c1-2-3-4-23-5-7-25(8-6-23)22-39-31(37)28-15-13-26(14-16-28)27-17-19-30(20-18-27)40-32(38)29-11-9-24(10-12-29)21-36-33(34)35;/h13-20,23-25,29H,2-12,21-22H2,1H3,(H4,34,35,36);1H. The Hall–Kier alpha value is -3.06. The number of aliphatic imine (C=N–C) groups is 1. The zero-order valence-corrected chi connectivity index (χ0v) is 25.1. The lowest BCUT2D eigenvalue weighted by Gasteiger charge is -2.28. The van der Waals surface area contributed by atoms with Crippen LogP contribution in [0.3, 0.4) is 0 Å². The summed E-state index contributed by atoms with van der Waals surface area (Å²) in [4.78, 5) is 29.4. The zero-order chi connectivity index (χ0) is 28.3. The summed E-state index contributed by atoms with van der Waals surface area (Å²) in [5.74, 6) is 1.88. The molecule has 2 aromatic carbocycles. The number of ether oxygens (including phenoxy) is 2. The number of benzene rings is 2. The molecule has 2 fully saturated rings. The van der Waals surface area contributed by atoms with Gasteiger partial charge in [-0.3, -0.25) is 9.79 Å². The highest BCUT2D eigenvalue weighted by atomic mass is 35.5. The van der Waals surface area contributed by atoms with Gasteiger partial charge in [-0.1, -0.05) is 63.3 Å². The highest BCUT2D eigenvalue weighted by Gasteiger charge is 2.28. The maximum atomic E-state index is 12.7. The summed E-state index contributed by atoms with van der Waals surface area (Å²) in [6.07, 6.45) is 12.2. The number of carbonyl (C=O) groups excluding carboxylic acids is 2. The summed E-state index contributed by atoms with van der Waals surface area (Å²) in [6, 6.07) is 15.0. The summed E-state index contributed by atoms with van der Waals surface area (Å²) < 4.78 is 11.3. The molecule has 2 aliphatic rings. The highest BCUT2D eigenvalue weighted by molar-refractivity contribution is 5.90. The first-order valence-corrected chi connectivity index (χ1v) is 15.1. The molecule has 7 nitrogen and oxygen atoms in total. The van der Waals surface area contributed by atoms with Crippen LogP contribution < -0.4 is 16.2 Å². The third-order valence-electron chi connectivity index (χ3n) is 8.62. The van der Waals surface area contributed by atoms with Gasteiger partial charge in [0.15, 0.2) is 5.96 Å². The van der Waals surface area contributed by atoms with Crippen molar-refractivity contribution in [1.82, 2.24) is 0 Å². The molecule has 0 aromatic heterocycles. The first-order chi connectivity index (χ1) is 19.4. The van der Waals surface area contributed by atoms with Gasteiger partial charge in [-0.2, -0.15) is 0 Å². The number of rotatable bonds is 11. The Balaban J connectivity index is 0.00000462. The van der Waals surface area contributed by atoms with Crippen LogP contribution in [0.5, 0.6) is 5.75 Å². The maximum Gasteiger partial charge on any atom is 0.338 e. The van der Waals surface area contributed by atoms with Crippen molar-refractivity contribution < 1.29 is 19.1 Å². The van der Waals surface area contributed by atoms with Gasteiger partial charge in [0.05, 0.1) is 18.1 Å². The molecule has 0 spiro atoms. The number of esters is 2. The maximum absolute atomic E-state index is 12.7. The smallest absolute Gasteiger partial charge is 0.338 e. The van der Waals surface area contributed by atoms with Crippen LogP contribution in [-0.2, 0) is 9.53 Å². The Bertz CT molecular complexity index is 1120. The predicted molar refractivity (Wildman–Crippen MR) is 166 cm³/mol. The molecule has 2 aromatic rings. The number of unbranched alkanes of at least 4 members (excludes halogenated alkanes) is 1. The van der Waals surface area contributed by atoms with Gasteiger partial charge in [0.25, 0.3) is 0 Å². The molecule has 224 valence electrons. The number of hydrogen-bond donors (Lipinski definition) is 2. The molecule has 4 N–H and O–H groups in total. The molecule has 2 saturated carbocycles. The van der Waals surface area contributed by atoms with Gasteiger partial charge < -0.3 is 20.9 Å². The van der Waals surface area contributed by atoms with Crippen molar-refractivity contribution in [1.29, 1.82) is 0 Å². The van der Waals surface area contributed by atoms with Crippen LogP contribution in [0.4, 0.5) is 0 Å². The van der Waals surface area contributed by atoms with Crippen molar-refractivity contribution >= 4 is 30.3 Å². The van der Waals surface area contributed by atoms with E-state index in [-0.39, 0.29) is 36.2 Å². The average Bonchev–Trinajstić information content (AvgIpc) is 2.99. The fourth-order valence-electron chi connectivity index (χ4n) is 5.99. The second kappa shape index (κ2) is 16.4. The van der Waals surface area contributed by atoms with E-state index in [0.717, 1.165) is 55.6 Å².